The minimum absolute atomic E-state index is 0. The Kier molecular flexibility index (Phi) is 8.57. The van der Waals surface area contributed by atoms with Crippen LogP contribution in [0.3, 0.4) is 0 Å². The number of primary amides is 1. The minimum atomic E-state index is -0.205. The molecule has 0 fully saturated rings. The van der Waals surface area contributed by atoms with Gasteiger partial charge in [0.2, 0.25) is 0 Å². The fourth-order valence-corrected chi connectivity index (χ4v) is 0. The van der Waals surface area contributed by atoms with Crippen molar-refractivity contribution < 1.29 is 29.5 Å². The predicted molar refractivity (Wildman–Crippen MR) is 20.4 cm³/mol. The second-order valence-corrected chi connectivity index (χ2v) is 1.51. The first kappa shape index (κ1) is 9.61. The number of hydrogen-bond acceptors (Lipinski definition) is 1. The minimum Gasteiger partial charge on any atom is -0.0683 e. The van der Waals surface area contributed by atoms with E-state index in [-0.39, 0.29) is 13.3 Å². The molecular weight excluding hydrogens is 157 g/mol. The van der Waals surface area contributed by atoms with Gasteiger partial charge in [-0.3, -0.25) is 0 Å². The van der Waals surface area contributed by atoms with Crippen LogP contribution in [0.15, 0.2) is 0 Å². The van der Waals surface area contributed by atoms with Gasteiger partial charge in [-0.25, -0.2) is 0 Å². The Hall–Kier alpha value is 0.353. The summed E-state index contributed by atoms with van der Waals surface area (Å²) in [5.41, 5.74) is 4.68. The topological polar surface area (TPSA) is 43.1 Å². The number of nitrogens with two attached hydrogens (primary N) is 1. The smallest absolute Gasteiger partial charge is 0.0683 e. The fourth-order valence-electron chi connectivity index (χ4n) is 0. The summed E-state index contributed by atoms with van der Waals surface area (Å²) in [5, 5.41) is 0. The van der Waals surface area contributed by atoms with Gasteiger partial charge in [-0.1, -0.05) is 7.43 Å². The summed E-state index contributed by atoms with van der Waals surface area (Å²) < 4.78 is 0.534. The van der Waals surface area contributed by atoms with E-state index in [4.69, 9.17) is 0 Å². The zero-order valence-corrected chi connectivity index (χ0v) is 6.15. The summed E-state index contributed by atoms with van der Waals surface area (Å²) in [7, 11) is 0. The summed E-state index contributed by atoms with van der Waals surface area (Å²) in [5.74, 6) is -0.205. The largest absolute Gasteiger partial charge is 0.0683 e. The molecule has 1 amide bonds. The third-order valence-electron chi connectivity index (χ3n) is 0.174. The molecule has 0 heterocycles. The second kappa shape index (κ2) is 5.35. The maximum atomic E-state index is 9.61. The molecule has 0 rings (SSSR count). The molecule has 2 N–H and O–H groups in total. The van der Waals surface area contributed by atoms with Crippen LogP contribution in [-0.2, 0) is 29.5 Å². The van der Waals surface area contributed by atoms with Gasteiger partial charge < -0.3 is 0 Å². The van der Waals surface area contributed by atoms with E-state index in [0.29, 0.717) is 4.13 Å². The van der Waals surface area contributed by atoms with Crippen molar-refractivity contribution in [1.82, 2.24) is 0 Å². The summed E-state index contributed by atoms with van der Waals surface area (Å²) >= 11 is 1.19. The number of carbonyl (C=O) groups is 1. The molecule has 0 spiro atoms. The molecule has 0 aliphatic rings. The first-order valence-electron chi connectivity index (χ1n) is 1.20. The van der Waals surface area contributed by atoms with Gasteiger partial charge >= 0.3 is 45.3 Å². The number of rotatable bonds is 1. The molecule has 34 valence electrons. The molecule has 2 nitrogen and oxygen atoms in total. The van der Waals surface area contributed by atoms with Crippen LogP contribution in [-0.4, -0.2) is 5.91 Å². The Morgan fingerprint density at radius 1 is 1.83 bits per heavy atom. The Bertz CT molecular complexity index is 46.1. The van der Waals surface area contributed by atoms with Crippen molar-refractivity contribution in [2.45, 2.75) is 4.13 Å². The predicted octanol–water partition coefficient (Wildman–Crippen LogP) is -0.113. The van der Waals surface area contributed by atoms with Gasteiger partial charge in [0.05, 0.1) is 0 Å². The van der Waals surface area contributed by atoms with Crippen molar-refractivity contribution in [1.29, 1.82) is 0 Å². The Labute approximate surface area is 52.9 Å². The summed E-state index contributed by atoms with van der Waals surface area (Å²) in [6.07, 6.45) is 0. The van der Waals surface area contributed by atoms with Gasteiger partial charge in [-0.15, -0.1) is 0 Å². The zero-order chi connectivity index (χ0) is 4.28. The van der Waals surface area contributed by atoms with Crippen LogP contribution in [0.5, 0.6) is 0 Å². The molecule has 0 aromatic rings. The van der Waals surface area contributed by atoms with Crippen LogP contribution in [0.4, 0.5) is 0 Å². The summed E-state index contributed by atoms with van der Waals surface area (Å²) in [4.78, 5) is 9.61. The number of amides is 1. The maximum absolute atomic E-state index is 9.61. The molecule has 3 heteroatoms. The van der Waals surface area contributed by atoms with E-state index >= 15 is 0 Å². The Morgan fingerprint density at radius 3 is 2.00 bits per heavy atom. The van der Waals surface area contributed by atoms with Crippen molar-refractivity contribution >= 4 is 5.91 Å². The van der Waals surface area contributed by atoms with E-state index in [1.165, 1.54) is 24.7 Å². The first-order valence-corrected chi connectivity index (χ1v) is 2.94. The SMILES string of the molecule is NC(=O)[CH2][Zr].[CH3]. The molecular formula is C3H7NOZr. The van der Waals surface area contributed by atoms with E-state index in [2.05, 4.69) is 5.73 Å². The van der Waals surface area contributed by atoms with Gasteiger partial charge in [0.15, 0.2) is 0 Å². The van der Waals surface area contributed by atoms with Crippen molar-refractivity contribution in [3.05, 3.63) is 7.43 Å². The third kappa shape index (κ3) is 8.84. The molecule has 0 aliphatic heterocycles. The second-order valence-electron chi connectivity index (χ2n) is 0.643. The zero-order valence-electron chi connectivity index (χ0n) is 3.69. The standard InChI is InChI=1S/C2H4NO.CH3.Zr/c1-2(3)4;;/h1H2,(H2,3,4);1H3;. The molecule has 6 heavy (non-hydrogen) atoms. The molecule has 0 aromatic heterocycles. The summed E-state index contributed by atoms with van der Waals surface area (Å²) in [6.45, 7) is 0. The fraction of sp³-hybridized carbons (Fsp3) is 0.333. The van der Waals surface area contributed by atoms with Gasteiger partial charge in [0, 0.05) is 0 Å². The van der Waals surface area contributed by atoms with E-state index in [1.54, 1.807) is 0 Å². The molecule has 1 radical (unpaired) electrons. The third-order valence-corrected chi connectivity index (χ3v) is 1.03. The van der Waals surface area contributed by atoms with Crippen LogP contribution < -0.4 is 5.73 Å². The Morgan fingerprint density at radius 2 is 2.00 bits per heavy atom. The van der Waals surface area contributed by atoms with Crippen LogP contribution in [0, 0.1) is 7.43 Å². The van der Waals surface area contributed by atoms with Crippen LogP contribution in [0.2, 0.25) is 4.13 Å². The van der Waals surface area contributed by atoms with Gasteiger partial charge in [0.25, 0.3) is 0 Å². The number of carbonyl (C=O) groups excluding carboxylic acids is 1. The molecule has 0 bridgehead atoms. The van der Waals surface area contributed by atoms with Gasteiger partial charge in [0.1, 0.15) is 0 Å². The molecule has 0 saturated carbocycles. The van der Waals surface area contributed by atoms with E-state index < -0.39 is 0 Å². The van der Waals surface area contributed by atoms with E-state index in [1.807, 2.05) is 0 Å². The molecule has 0 aliphatic carbocycles. The van der Waals surface area contributed by atoms with Crippen LogP contribution in [0.25, 0.3) is 0 Å². The van der Waals surface area contributed by atoms with Crippen molar-refractivity contribution in [2.75, 3.05) is 0 Å². The first-order chi connectivity index (χ1) is 2.27. The molecule has 0 unspecified atom stereocenters. The van der Waals surface area contributed by atoms with Gasteiger partial charge in [-0.2, -0.15) is 0 Å². The maximum Gasteiger partial charge on any atom is -0.0683 e. The van der Waals surface area contributed by atoms with Crippen LogP contribution >= 0.6 is 0 Å². The summed E-state index contributed by atoms with van der Waals surface area (Å²) in [6, 6.07) is 0. The normalized spacial score (nSPS) is 5.83. The average Bonchev–Trinajstić information content (AvgIpc) is 1.38. The van der Waals surface area contributed by atoms with Crippen molar-refractivity contribution in [3.63, 3.8) is 0 Å². The van der Waals surface area contributed by atoms with Crippen molar-refractivity contribution in [2.24, 2.45) is 5.73 Å². The monoisotopic (exact) mass is 163 g/mol. The molecule has 0 atom stereocenters. The Balaban J connectivity index is 0. The van der Waals surface area contributed by atoms with Crippen molar-refractivity contribution in [3.8, 4) is 0 Å². The molecule has 0 aromatic carbocycles. The van der Waals surface area contributed by atoms with E-state index in [0.717, 1.165) is 0 Å². The van der Waals surface area contributed by atoms with Crippen LogP contribution in [0.1, 0.15) is 0 Å². The molecule has 0 saturated heterocycles. The average molecular weight is 164 g/mol. The quantitative estimate of drug-likeness (QED) is 0.577. The van der Waals surface area contributed by atoms with Gasteiger partial charge in [-0.05, 0) is 0 Å². The van der Waals surface area contributed by atoms with E-state index in [9.17, 15) is 4.79 Å². The number of hydrogen-bond donors (Lipinski definition) is 1.